The number of alkyl halides is 3. The highest BCUT2D eigenvalue weighted by Gasteiger charge is 2.31. The summed E-state index contributed by atoms with van der Waals surface area (Å²) in [6, 6.07) is 4.01. The topological polar surface area (TPSA) is 52.0 Å². The molecule has 0 bridgehead atoms. The number of carbonyl (C=O) groups is 2. The molecule has 2 rings (SSSR count). The lowest BCUT2D eigenvalue weighted by molar-refractivity contribution is -0.137. The van der Waals surface area contributed by atoms with Crippen LogP contribution in [0.5, 0.6) is 0 Å². The second-order valence-electron chi connectivity index (χ2n) is 4.53. The third-order valence-corrected chi connectivity index (χ3v) is 2.82. The highest BCUT2D eigenvalue weighted by molar-refractivity contribution is 6.12. The number of nitrogens with zero attached hydrogens (tertiary/aromatic N) is 2. The number of carbonyl (C=O) groups excluding carboxylic acids is 2. The molecule has 7 heteroatoms. The molecule has 0 aliphatic heterocycles. The Kier molecular flexibility index (Phi) is 3.93. The average molecular weight is 296 g/mol. The number of rotatable bonds is 4. The summed E-state index contributed by atoms with van der Waals surface area (Å²) in [5.41, 5.74) is -0.953. The number of benzene rings is 1. The summed E-state index contributed by atoms with van der Waals surface area (Å²) < 4.78 is 39.3. The Labute approximate surface area is 118 Å². The fraction of sp³-hybridized carbons (Fsp3) is 0.214. The molecule has 4 nitrogen and oxygen atoms in total. The van der Waals surface area contributed by atoms with E-state index in [0.29, 0.717) is 0 Å². The minimum atomic E-state index is -4.53. The molecule has 1 heterocycles. The van der Waals surface area contributed by atoms with Crippen LogP contribution in [0.2, 0.25) is 0 Å². The van der Waals surface area contributed by atoms with Gasteiger partial charge in [-0.25, -0.2) is 4.98 Å². The summed E-state index contributed by atoms with van der Waals surface area (Å²) >= 11 is 0. The van der Waals surface area contributed by atoms with E-state index in [0.717, 1.165) is 18.2 Å². The van der Waals surface area contributed by atoms with Gasteiger partial charge in [0.25, 0.3) is 0 Å². The third-order valence-electron chi connectivity index (χ3n) is 2.82. The number of halogens is 3. The average Bonchev–Trinajstić information content (AvgIpc) is 2.84. The Hall–Kier alpha value is -2.44. The summed E-state index contributed by atoms with van der Waals surface area (Å²) in [5, 5.41) is 0. The molecule has 0 spiro atoms. The quantitative estimate of drug-likeness (QED) is 0.644. The minimum Gasteiger partial charge on any atom is -0.340 e. The number of aryl methyl sites for hydroxylation is 1. The van der Waals surface area contributed by atoms with Crippen molar-refractivity contribution in [2.75, 3.05) is 0 Å². The number of hydrogen-bond donors (Lipinski definition) is 0. The second kappa shape index (κ2) is 5.51. The van der Waals surface area contributed by atoms with Crippen LogP contribution < -0.4 is 0 Å². The zero-order chi connectivity index (χ0) is 15.6. The zero-order valence-corrected chi connectivity index (χ0v) is 11.0. The Balaban J connectivity index is 2.15. The number of Topliss-reactive ketones (excluding diaryl/α,β-unsaturated/α-hetero) is 2. The molecule has 2 aromatic rings. The second-order valence-corrected chi connectivity index (χ2v) is 4.53. The van der Waals surface area contributed by atoms with Gasteiger partial charge in [-0.1, -0.05) is 12.1 Å². The van der Waals surface area contributed by atoms with Gasteiger partial charge in [0.2, 0.25) is 0 Å². The van der Waals surface area contributed by atoms with Gasteiger partial charge in [0, 0.05) is 18.8 Å². The summed E-state index contributed by atoms with van der Waals surface area (Å²) in [5.74, 6) is -1.20. The summed E-state index contributed by atoms with van der Waals surface area (Å²) in [6.45, 7) is 0. The minimum absolute atomic E-state index is 0.109. The predicted molar refractivity (Wildman–Crippen MR) is 67.9 cm³/mol. The van der Waals surface area contributed by atoms with Gasteiger partial charge in [-0.15, -0.1) is 0 Å². The first-order valence-corrected chi connectivity index (χ1v) is 5.99. The lowest BCUT2D eigenvalue weighted by Gasteiger charge is -2.07. The van der Waals surface area contributed by atoms with Gasteiger partial charge in [0.15, 0.2) is 11.6 Å². The van der Waals surface area contributed by atoms with Crippen molar-refractivity contribution in [1.29, 1.82) is 0 Å². The molecule has 1 aromatic heterocycles. The third kappa shape index (κ3) is 3.56. The maximum Gasteiger partial charge on any atom is 0.416 e. The maximum atomic E-state index is 12.6. The molecule has 110 valence electrons. The first-order valence-electron chi connectivity index (χ1n) is 5.99. The van der Waals surface area contributed by atoms with E-state index in [4.69, 9.17) is 0 Å². The fourth-order valence-corrected chi connectivity index (χ4v) is 1.76. The molecule has 0 aliphatic rings. The fourth-order valence-electron chi connectivity index (χ4n) is 1.76. The van der Waals surface area contributed by atoms with Crippen molar-refractivity contribution < 1.29 is 22.8 Å². The number of imidazole rings is 1. The molecule has 0 aliphatic carbocycles. The molecule has 21 heavy (non-hydrogen) atoms. The van der Waals surface area contributed by atoms with Gasteiger partial charge >= 0.3 is 6.18 Å². The molecular weight excluding hydrogens is 285 g/mol. The van der Waals surface area contributed by atoms with Crippen LogP contribution in [0.3, 0.4) is 0 Å². The maximum absolute atomic E-state index is 12.6. The lowest BCUT2D eigenvalue weighted by atomic mass is 10.0. The first-order chi connectivity index (χ1) is 9.77. The largest absolute Gasteiger partial charge is 0.416 e. The van der Waals surface area contributed by atoms with Crippen molar-refractivity contribution in [3.8, 4) is 0 Å². The zero-order valence-electron chi connectivity index (χ0n) is 11.0. The van der Waals surface area contributed by atoms with E-state index in [9.17, 15) is 22.8 Å². The van der Waals surface area contributed by atoms with E-state index >= 15 is 0 Å². The van der Waals surface area contributed by atoms with Crippen LogP contribution in [0.25, 0.3) is 0 Å². The standard InChI is InChI=1S/C14H11F3N2O2/c1-19-7-11(18-8-19)13(21)6-12(20)9-3-2-4-10(5-9)14(15,16)17/h2-5,7-8H,6H2,1H3. The van der Waals surface area contributed by atoms with Crippen LogP contribution in [-0.4, -0.2) is 21.1 Å². The van der Waals surface area contributed by atoms with E-state index in [1.165, 1.54) is 18.6 Å². The SMILES string of the molecule is Cn1cnc(C(=O)CC(=O)c2cccc(C(F)(F)F)c2)c1. The van der Waals surface area contributed by atoms with E-state index in [-0.39, 0.29) is 11.3 Å². The van der Waals surface area contributed by atoms with Crippen molar-refractivity contribution >= 4 is 11.6 Å². The van der Waals surface area contributed by atoms with E-state index in [2.05, 4.69) is 4.98 Å². The van der Waals surface area contributed by atoms with Crippen molar-refractivity contribution in [1.82, 2.24) is 9.55 Å². The van der Waals surface area contributed by atoms with Gasteiger partial charge in [0.05, 0.1) is 18.3 Å². The van der Waals surface area contributed by atoms with Gasteiger partial charge in [-0.3, -0.25) is 9.59 Å². The predicted octanol–water partition coefficient (Wildman–Crippen LogP) is 2.89. The molecule has 0 amide bonds. The van der Waals surface area contributed by atoms with E-state index < -0.39 is 29.7 Å². The van der Waals surface area contributed by atoms with E-state index in [1.807, 2.05) is 0 Å². The number of hydrogen-bond acceptors (Lipinski definition) is 3. The normalized spacial score (nSPS) is 11.4. The smallest absolute Gasteiger partial charge is 0.340 e. The Morgan fingerprint density at radius 1 is 1.24 bits per heavy atom. The molecule has 0 saturated carbocycles. The van der Waals surface area contributed by atoms with Crippen molar-refractivity contribution in [2.24, 2.45) is 7.05 Å². The van der Waals surface area contributed by atoms with Gasteiger partial charge in [-0.05, 0) is 12.1 Å². The molecule has 0 unspecified atom stereocenters. The Morgan fingerprint density at radius 3 is 2.52 bits per heavy atom. The van der Waals surface area contributed by atoms with Crippen molar-refractivity contribution in [2.45, 2.75) is 12.6 Å². The summed E-state index contributed by atoms with van der Waals surface area (Å²) in [6.07, 6.45) is -2.19. The number of ketones is 2. The van der Waals surface area contributed by atoms with Crippen LogP contribution in [-0.2, 0) is 13.2 Å². The molecule has 0 fully saturated rings. The lowest BCUT2D eigenvalue weighted by Crippen LogP contribution is -2.11. The molecule has 0 saturated heterocycles. The highest BCUT2D eigenvalue weighted by Crippen LogP contribution is 2.29. The van der Waals surface area contributed by atoms with E-state index in [1.54, 1.807) is 11.6 Å². The van der Waals surface area contributed by atoms with Crippen LogP contribution in [0.4, 0.5) is 13.2 Å². The summed E-state index contributed by atoms with van der Waals surface area (Å²) in [7, 11) is 1.67. The molecule has 0 radical (unpaired) electrons. The monoisotopic (exact) mass is 296 g/mol. The molecular formula is C14H11F3N2O2. The van der Waals surface area contributed by atoms with Crippen LogP contribution >= 0.6 is 0 Å². The highest BCUT2D eigenvalue weighted by atomic mass is 19.4. The van der Waals surface area contributed by atoms with Gasteiger partial charge in [0.1, 0.15) is 5.69 Å². The van der Waals surface area contributed by atoms with Crippen molar-refractivity contribution in [3.05, 3.63) is 53.6 Å². The Bertz CT molecular complexity index is 690. The molecule has 0 N–H and O–H groups in total. The van der Waals surface area contributed by atoms with Crippen molar-refractivity contribution in [3.63, 3.8) is 0 Å². The Morgan fingerprint density at radius 2 is 1.95 bits per heavy atom. The molecule has 0 atom stereocenters. The summed E-state index contributed by atoms with van der Waals surface area (Å²) in [4.78, 5) is 27.5. The molecule has 1 aromatic carbocycles. The first kappa shape index (κ1) is 15.0. The van der Waals surface area contributed by atoms with Gasteiger partial charge < -0.3 is 4.57 Å². The van der Waals surface area contributed by atoms with Crippen LogP contribution in [0.15, 0.2) is 36.8 Å². The number of aromatic nitrogens is 2. The van der Waals surface area contributed by atoms with Crippen LogP contribution in [0, 0.1) is 0 Å². The van der Waals surface area contributed by atoms with Crippen LogP contribution in [0.1, 0.15) is 32.8 Å². The van der Waals surface area contributed by atoms with Gasteiger partial charge in [-0.2, -0.15) is 13.2 Å².